The third-order valence-corrected chi connectivity index (χ3v) is 3.81. The number of carbonyl (C=O) groups is 1. The van der Waals surface area contributed by atoms with Crippen LogP contribution in [0.2, 0.25) is 0 Å². The number of rotatable bonds is 7. The highest BCUT2D eigenvalue weighted by atomic mass is 19.1. The van der Waals surface area contributed by atoms with E-state index in [1.807, 2.05) is 27.7 Å². The monoisotopic (exact) mass is 354 g/mol. The van der Waals surface area contributed by atoms with E-state index >= 15 is 0 Å². The van der Waals surface area contributed by atoms with Gasteiger partial charge in [-0.25, -0.2) is 9.18 Å². The minimum absolute atomic E-state index is 0.0256. The van der Waals surface area contributed by atoms with Gasteiger partial charge in [0.1, 0.15) is 5.60 Å². The van der Waals surface area contributed by atoms with E-state index in [1.54, 1.807) is 12.1 Å². The van der Waals surface area contributed by atoms with E-state index in [2.05, 4.69) is 24.5 Å². The minimum atomic E-state index is -0.525. The van der Waals surface area contributed by atoms with Crippen LogP contribution in [0.1, 0.15) is 53.1 Å². The molecular weight excluding hydrogens is 323 g/mol. The maximum atomic E-state index is 13.6. The van der Waals surface area contributed by atoms with Gasteiger partial charge in [-0.2, -0.15) is 0 Å². The summed E-state index contributed by atoms with van der Waals surface area (Å²) in [6.45, 7) is 12.1. The van der Waals surface area contributed by atoms with Crippen LogP contribution < -0.4 is 15.4 Å². The zero-order chi connectivity index (χ0) is 19.2. The molecule has 0 aromatic heterocycles. The van der Waals surface area contributed by atoms with Gasteiger partial charge in [-0.15, -0.1) is 0 Å². The summed E-state index contributed by atoms with van der Waals surface area (Å²) in [4.78, 5) is 11.8. The summed E-state index contributed by atoms with van der Waals surface area (Å²) in [5.41, 5.74) is 0.393. The second-order valence-corrected chi connectivity index (χ2v) is 7.52. The van der Waals surface area contributed by atoms with Crippen molar-refractivity contribution < 1.29 is 18.7 Å². The van der Waals surface area contributed by atoms with Crippen LogP contribution in [0.25, 0.3) is 0 Å². The van der Waals surface area contributed by atoms with Crippen molar-refractivity contribution >= 4 is 6.09 Å². The molecule has 2 unspecified atom stereocenters. The fourth-order valence-corrected chi connectivity index (χ4v) is 2.36. The van der Waals surface area contributed by atoms with Gasteiger partial charge >= 0.3 is 6.09 Å². The van der Waals surface area contributed by atoms with Crippen LogP contribution in [0.4, 0.5) is 9.18 Å². The molecule has 0 radical (unpaired) electrons. The van der Waals surface area contributed by atoms with Crippen LogP contribution >= 0.6 is 0 Å². The average Bonchev–Trinajstić information content (AvgIpc) is 2.49. The Morgan fingerprint density at radius 3 is 2.40 bits per heavy atom. The summed E-state index contributed by atoms with van der Waals surface area (Å²) < 4.78 is 23.9. The van der Waals surface area contributed by atoms with Crippen LogP contribution in [0.15, 0.2) is 18.2 Å². The first-order valence-corrected chi connectivity index (χ1v) is 8.59. The largest absolute Gasteiger partial charge is 0.494 e. The maximum Gasteiger partial charge on any atom is 0.407 e. The molecule has 5 nitrogen and oxygen atoms in total. The van der Waals surface area contributed by atoms with Crippen LogP contribution in [0, 0.1) is 11.7 Å². The molecule has 0 aliphatic heterocycles. The molecule has 1 aromatic rings. The van der Waals surface area contributed by atoms with Gasteiger partial charge in [0.15, 0.2) is 11.6 Å². The summed E-state index contributed by atoms with van der Waals surface area (Å²) >= 11 is 0. The molecule has 142 valence electrons. The first kappa shape index (κ1) is 21.2. The van der Waals surface area contributed by atoms with Gasteiger partial charge in [0, 0.05) is 18.6 Å². The fourth-order valence-electron chi connectivity index (χ4n) is 2.36. The summed E-state index contributed by atoms with van der Waals surface area (Å²) in [6, 6.07) is 4.83. The van der Waals surface area contributed by atoms with Crippen molar-refractivity contribution in [2.24, 2.45) is 5.92 Å². The molecule has 1 rings (SSSR count). The van der Waals surface area contributed by atoms with Gasteiger partial charge in [0.25, 0.3) is 0 Å². The number of benzene rings is 1. The summed E-state index contributed by atoms with van der Waals surface area (Å²) in [6.07, 6.45) is -0.434. The Balaban J connectivity index is 2.69. The molecule has 0 saturated heterocycles. The maximum absolute atomic E-state index is 13.6. The predicted octanol–water partition coefficient (Wildman–Crippen LogP) is 4.03. The van der Waals surface area contributed by atoms with Crippen molar-refractivity contribution in [3.8, 4) is 5.75 Å². The molecule has 0 aliphatic rings. The van der Waals surface area contributed by atoms with Crippen molar-refractivity contribution in [3.63, 3.8) is 0 Å². The quantitative estimate of drug-likeness (QED) is 0.776. The highest BCUT2D eigenvalue weighted by molar-refractivity contribution is 5.67. The summed E-state index contributed by atoms with van der Waals surface area (Å²) in [5, 5.41) is 6.27. The van der Waals surface area contributed by atoms with Gasteiger partial charge in [0.05, 0.1) is 7.11 Å². The van der Waals surface area contributed by atoms with Crippen molar-refractivity contribution in [2.45, 2.75) is 59.2 Å². The first-order valence-electron chi connectivity index (χ1n) is 8.59. The Morgan fingerprint density at radius 1 is 1.24 bits per heavy atom. The molecule has 6 heteroatoms. The Hall–Kier alpha value is -1.82. The lowest BCUT2D eigenvalue weighted by Gasteiger charge is -2.28. The Morgan fingerprint density at radius 2 is 1.88 bits per heavy atom. The molecular formula is C19H31FN2O3. The molecule has 0 fully saturated rings. The second-order valence-electron chi connectivity index (χ2n) is 7.52. The third-order valence-electron chi connectivity index (χ3n) is 3.81. The number of amides is 1. The van der Waals surface area contributed by atoms with E-state index in [9.17, 15) is 9.18 Å². The highest BCUT2D eigenvalue weighted by Gasteiger charge is 2.21. The lowest BCUT2D eigenvalue weighted by atomic mass is 10.0. The van der Waals surface area contributed by atoms with Crippen molar-refractivity contribution in [3.05, 3.63) is 29.6 Å². The molecule has 0 heterocycles. The topological polar surface area (TPSA) is 59.6 Å². The zero-order valence-corrected chi connectivity index (χ0v) is 16.3. The Bertz CT molecular complexity index is 570. The van der Waals surface area contributed by atoms with Crippen LogP contribution in [-0.4, -0.2) is 31.4 Å². The average molecular weight is 354 g/mol. The zero-order valence-electron chi connectivity index (χ0n) is 16.3. The Labute approximate surface area is 150 Å². The lowest BCUT2D eigenvalue weighted by Crippen LogP contribution is -2.46. The molecule has 1 amide bonds. The number of halogens is 1. The SMILES string of the molecule is COc1cc(C(C)NC(CNC(=O)OC(C)(C)C)C(C)C)ccc1F. The van der Waals surface area contributed by atoms with Crippen LogP contribution in [0.3, 0.4) is 0 Å². The van der Waals surface area contributed by atoms with E-state index in [0.717, 1.165) is 5.56 Å². The van der Waals surface area contributed by atoms with E-state index in [0.29, 0.717) is 12.5 Å². The van der Waals surface area contributed by atoms with Crippen molar-refractivity contribution in [1.29, 1.82) is 0 Å². The highest BCUT2D eigenvalue weighted by Crippen LogP contribution is 2.23. The molecule has 1 aromatic carbocycles. The Kier molecular flexibility index (Phi) is 7.67. The summed E-state index contributed by atoms with van der Waals surface area (Å²) in [7, 11) is 1.45. The van der Waals surface area contributed by atoms with E-state index in [1.165, 1.54) is 13.2 Å². The number of hydrogen-bond donors (Lipinski definition) is 2. The number of hydrogen-bond acceptors (Lipinski definition) is 4. The van der Waals surface area contributed by atoms with E-state index < -0.39 is 11.7 Å². The van der Waals surface area contributed by atoms with Gasteiger partial charge in [0.2, 0.25) is 0 Å². The molecule has 25 heavy (non-hydrogen) atoms. The molecule has 2 N–H and O–H groups in total. The molecule has 2 atom stereocenters. The summed E-state index contributed by atoms with van der Waals surface area (Å²) in [5.74, 6) is 0.129. The number of carbonyl (C=O) groups excluding carboxylic acids is 1. The molecule has 0 aliphatic carbocycles. The van der Waals surface area contributed by atoms with Crippen LogP contribution in [0.5, 0.6) is 5.75 Å². The standard InChI is InChI=1S/C19H31FN2O3/c1-12(2)16(11-21-18(23)25-19(4,5)6)22-13(3)14-8-9-15(20)17(10-14)24-7/h8-10,12-13,16,22H,11H2,1-7H3,(H,21,23). The van der Waals surface area contributed by atoms with Crippen molar-refractivity contribution in [2.75, 3.05) is 13.7 Å². The fraction of sp³-hybridized carbons (Fsp3) is 0.632. The molecule has 0 bridgehead atoms. The predicted molar refractivity (Wildman–Crippen MR) is 97.4 cm³/mol. The van der Waals surface area contributed by atoms with E-state index in [4.69, 9.17) is 9.47 Å². The minimum Gasteiger partial charge on any atom is -0.494 e. The van der Waals surface area contributed by atoms with Gasteiger partial charge in [-0.05, 0) is 51.3 Å². The number of nitrogens with one attached hydrogen (secondary N) is 2. The van der Waals surface area contributed by atoms with Gasteiger partial charge < -0.3 is 20.1 Å². The van der Waals surface area contributed by atoms with Gasteiger partial charge in [-0.3, -0.25) is 0 Å². The number of methoxy groups -OCH3 is 1. The van der Waals surface area contributed by atoms with E-state index in [-0.39, 0.29) is 23.7 Å². The third kappa shape index (κ3) is 7.30. The lowest BCUT2D eigenvalue weighted by molar-refractivity contribution is 0.0518. The smallest absolute Gasteiger partial charge is 0.407 e. The first-order chi connectivity index (χ1) is 11.5. The molecule has 0 spiro atoms. The second kappa shape index (κ2) is 9.04. The number of ether oxygens (including phenoxy) is 2. The van der Waals surface area contributed by atoms with Crippen molar-refractivity contribution in [1.82, 2.24) is 10.6 Å². The van der Waals surface area contributed by atoms with Crippen LogP contribution in [-0.2, 0) is 4.74 Å². The van der Waals surface area contributed by atoms with Gasteiger partial charge in [-0.1, -0.05) is 19.9 Å². The number of alkyl carbamates (subject to hydrolysis) is 1. The normalized spacial score (nSPS) is 14.1. The molecule has 0 saturated carbocycles.